The molecule has 3 aromatic rings. The maximum atomic E-state index is 13.7. The van der Waals surface area contributed by atoms with Gasteiger partial charge in [-0.3, -0.25) is 9.78 Å². The Kier molecular flexibility index (Phi) is 10.2. The molecule has 0 aliphatic carbocycles. The van der Waals surface area contributed by atoms with Gasteiger partial charge in [-0.1, -0.05) is 17.7 Å². The lowest BCUT2D eigenvalue weighted by molar-refractivity contribution is -0.111. The molecule has 0 bridgehead atoms. The lowest BCUT2D eigenvalue weighted by Crippen LogP contribution is -2.29. The van der Waals surface area contributed by atoms with Crippen LogP contribution in [0, 0.1) is 17.1 Å². The number of benzene rings is 2. The molecule has 1 aromatic heterocycles. The van der Waals surface area contributed by atoms with Gasteiger partial charge in [-0.25, -0.2) is 4.39 Å². The van der Waals surface area contributed by atoms with E-state index in [1.807, 2.05) is 0 Å². The number of anilines is 3. The van der Waals surface area contributed by atoms with E-state index >= 15 is 0 Å². The van der Waals surface area contributed by atoms with Crippen LogP contribution in [0.1, 0.15) is 12.0 Å². The van der Waals surface area contributed by atoms with Crippen molar-refractivity contribution in [2.24, 2.45) is 0 Å². The Bertz CT molecular complexity index is 1420. The highest BCUT2D eigenvalue weighted by atomic mass is 35.5. The zero-order chi connectivity index (χ0) is 28.5. The lowest BCUT2D eigenvalue weighted by atomic mass is 10.1. The molecule has 1 fully saturated rings. The Hall–Kier alpha value is -3.79. The first kappa shape index (κ1) is 29.2. The molecule has 4 rings (SSSR count). The molecule has 10 nitrogen and oxygen atoms in total. The summed E-state index contributed by atoms with van der Waals surface area (Å²) >= 11 is 5.96. The minimum absolute atomic E-state index is 0.0643. The molecule has 0 radical (unpaired) electrons. The van der Waals surface area contributed by atoms with E-state index in [0.29, 0.717) is 66.4 Å². The topological polar surface area (TPSA) is 127 Å². The average Bonchev–Trinajstić information content (AvgIpc) is 3.46. The number of ether oxygens (including phenoxy) is 4. The molecule has 40 heavy (non-hydrogen) atoms. The molecule has 0 saturated carbocycles. The van der Waals surface area contributed by atoms with Crippen LogP contribution in [0.3, 0.4) is 0 Å². The van der Waals surface area contributed by atoms with Crippen LogP contribution in [-0.4, -0.2) is 63.8 Å². The van der Waals surface area contributed by atoms with Gasteiger partial charge in [0.15, 0.2) is 6.29 Å². The number of hydrogen-bond acceptors (Lipinski definition) is 9. The highest BCUT2D eigenvalue weighted by Crippen LogP contribution is 2.37. The molecule has 2 aromatic carbocycles. The molecule has 1 saturated heterocycles. The maximum Gasteiger partial charge on any atom is 0.248 e. The SMILES string of the molecule is COC(CNC/C=C/C(=O)Nc1cc2c(Nc3ccc(F)c(Cl)c3)c(C#N)cnc2cc1OC1CCOC1)OC. The van der Waals surface area contributed by atoms with E-state index in [1.54, 1.807) is 32.4 Å². The van der Waals surface area contributed by atoms with E-state index in [2.05, 4.69) is 27.0 Å². The molecule has 0 spiro atoms. The number of hydrogen-bond donors (Lipinski definition) is 3. The predicted molar refractivity (Wildman–Crippen MR) is 149 cm³/mol. The number of aromatic nitrogens is 1. The first-order valence-electron chi connectivity index (χ1n) is 12.5. The summed E-state index contributed by atoms with van der Waals surface area (Å²) < 4.78 is 35.6. The van der Waals surface area contributed by atoms with Crippen LogP contribution in [-0.2, 0) is 19.0 Å². The fraction of sp³-hybridized carbons (Fsp3) is 0.321. The fourth-order valence-corrected chi connectivity index (χ4v) is 4.21. The number of pyridine rings is 1. The number of carbonyl (C=O) groups is 1. The standard InChI is InChI=1S/C28H29ClFN5O5/c1-37-27(38-2)15-32-8-3-4-26(36)35-24-11-20-23(12-25(24)40-19-7-9-39-16-19)33-14-17(13-31)28(20)34-18-5-6-22(30)21(29)10-18/h3-6,10-12,14,19,27,32H,7-9,15-16H2,1-2H3,(H,33,34)(H,35,36)/b4-3+. The summed E-state index contributed by atoms with van der Waals surface area (Å²) in [4.78, 5) is 17.3. The number of amides is 1. The second-order valence-electron chi connectivity index (χ2n) is 8.83. The monoisotopic (exact) mass is 569 g/mol. The van der Waals surface area contributed by atoms with Crippen molar-refractivity contribution in [2.75, 3.05) is 51.2 Å². The van der Waals surface area contributed by atoms with Crippen molar-refractivity contribution in [3.63, 3.8) is 0 Å². The van der Waals surface area contributed by atoms with Crippen molar-refractivity contribution < 1.29 is 28.1 Å². The molecule has 1 atom stereocenters. The summed E-state index contributed by atoms with van der Waals surface area (Å²) in [7, 11) is 3.09. The van der Waals surface area contributed by atoms with E-state index < -0.39 is 5.82 Å². The van der Waals surface area contributed by atoms with Crippen LogP contribution >= 0.6 is 11.6 Å². The molecule has 1 aliphatic heterocycles. The average molecular weight is 570 g/mol. The van der Waals surface area contributed by atoms with E-state index in [4.69, 9.17) is 30.5 Å². The second-order valence-corrected chi connectivity index (χ2v) is 9.24. The zero-order valence-corrected chi connectivity index (χ0v) is 22.8. The van der Waals surface area contributed by atoms with Gasteiger partial charge >= 0.3 is 0 Å². The van der Waals surface area contributed by atoms with E-state index in [0.717, 1.165) is 0 Å². The Labute approximate surface area is 236 Å². The van der Waals surface area contributed by atoms with Crippen LogP contribution in [0.5, 0.6) is 5.75 Å². The molecular weight excluding hydrogens is 541 g/mol. The van der Waals surface area contributed by atoms with Crippen molar-refractivity contribution in [1.29, 1.82) is 5.26 Å². The smallest absolute Gasteiger partial charge is 0.248 e. The number of halogens is 2. The third-order valence-corrected chi connectivity index (χ3v) is 6.38. The Morgan fingerprint density at radius 2 is 2.15 bits per heavy atom. The third-order valence-electron chi connectivity index (χ3n) is 6.09. The van der Waals surface area contributed by atoms with E-state index in [1.165, 1.54) is 30.5 Å². The van der Waals surface area contributed by atoms with Gasteiger partial charge in [0.25, 0.3) is 0 Å². The van der Waals surface area contributed by atoms with Crippen LogP contribution in [0.2, 0.25) is 5.02 Å². The lowest BCUT2D eigenvalue weighted by Gasteiger charge is -2.18. The first-order chi connectivity index (χ1) is 19.4. The van der Waals surface area contributed by atoms with Crippen molar-refractivity contribution >= 4 is 45.5 Å². The third kappa shape index (κ3) is 7.44. The molecule has 1 amide bonds. The summed E-state index contributed by atoms with van der Waals surface area (Å²) in [5.74, 6) is -0.526. The normalized spacial score (nSPS) is 15.1. The van der Waals surface area contributed by atoms with Gasteiger partial charge < -0.3 is 34.9 Å². The van der Waals surface area contributed by atoms with Crippen molar-refractivity contribution in [3.05, 3.63) is 65.1 Å². The summed E-state index contributed by atoms with van der Waals surface area (Å²) in [6.45, 7) is 1.88. The maximum absolute atomic E-state index is 13.7. The van der Waals surface area contributed by atoms with Crippen LogP contribution < -0.4 is 20.7 Å². The van der Waals surface area contributed by atoms with Gasteiger partial charge in [-0.15, -0.1) is 0 Å². The quantitative estimate of drug-likeness (QED) is 0.164. The molecule has 2 heterocycles. The Balaban J connectivity index is 1.63. The predicted octanol–water partition coefficient (Wildman–Crippen LogP) is 4.51. The first-order valence-corrected chi connectivity index (χ1v) is 12.9. The highest BCUT2D eigenvalue weighted by Gasteiger charge is 2.21. The molecule has 210 valence electrons. The van der Waals surface area contributed by atoms with Gasteiger partial charge in [-0.05, 0) is 24.3 Å². The van der Waals surface area contributed by atoms with Gasteiger partial charge in [-0.2, -0.15) is 5.26 Å². The summed E-state index contributed by atoms with van der Waals surface area (Å²) in [5, 5.41) is 19.4. The van der Waals surface area contributed by atoms with Crippen molar-refractivity contribution in [1.82, 2.24) is 10.3 Å². The summed E-state index contributed by atoms with van der Waals surface area (Å²) in [6.07, 6.45) is 4.64. The molecule has 3 N–H and O–H groups in total. The summed E-state index contributed by atoms with van der Waals surface area (Å²) in [6, 6.07) is 9.67. The minimum atomic E-state index is -0.560. The van der Waals surface area contributed by atoms with Gasteiger partial charge in [0.2, 0.25) is 5.91 Å². The summed E-state index contributed by atoms with van der Waals surface area (Å²) in [5.41, 5.74) is 2.06. The van der Waals surface area contributed by atoms with Crippen LogP contribution in [0.15, 0.2) is 48.7 Å². The van der Waals surface area contributed by atoms with Gasteiger partial charge in [0.05, 0.1) is 40.7 Å². The second kappa shape index (κ2) is 14.0. The molecular formula is C28H29ClFN5O5. The Morgan fingerprint density at radius 1 is 1.32 bits per heavy atom. The van der Waals surface area contributed by atoms with Crippen LogP contribution in [0.4, 0.5) is 21.5 Å². The van der Waals surface area contributed by atoms with E-state index in [-0.39, 0.29) is 28.9 Å². The minimum Gasteiger partial charge on any atom is -0.486 e. The highest BCUT2D eigenvalue weighted by molar-refractivity contribution is 6.31. The number of rotatable bonds is 12. The fourth-order valence-electron chi connectivity index (χ4n) is 4.03. The number of methoxy groups -OCH3 is 2. The number of nitriles is 1. The Morgan fingerprint density at radius 3 is 2.85 bits per heavy atom. The molecule has 12 heteroatoms. The number of nitrogens with zero attached hydrogens (tertiary/aromatic N) is 2. The van der Waals surface area contributed by atoms with Gasteiger partial charge in [0.1, 0.15) is 23.7 Å². The zero-order valence-electron chi connectivity index (χ0n) is 22.0. The van der Waals surface area contributed by atoms with Gasteiger partial charge in [0, 0.05) is 63.1 Å². The number of fused-ring (bicyclic) bond motifs is 1. The van der Waals surface area contributed by atoms with Crippen molar-refractivity contribution in [2.45, 2.75) is 18.8 Å². The number of nitrogens with one attached hydrogen (secondary N) is 3. The largest absolute Gasteiger partial charge is 0.486 e. The van der Waals surface area contributed by atoms with E-state index in [9.17, 15) is 14.4 Å². The molecule has 1 aliphatic rings. The molecule has 1 unspecified atom stereocenters. The van der Waals surface area contributed by atoms with Crippen LogP contribution in [0.25, 0.3) is 10.9 Å². The van der Waals surface area contributed by atoms with Crippen molar-refractivity contribution in [3.8, 4) is 11.8 Å². The number of carbonyl (C=O) groups excluding carboxylic acids is 1.